The van der Waals surface area contributed by atoms with Gasteiger partial charge in [0.15, 0.2) is 11.3 Å². The van der Waals surface area contributed by atoms with Crippen LogP contribution in [0.2, 0.25) is 0 Å². The topological polar surface area (TPSA) is 17.1 Å². The van der Waals surface area contributed by atoms with E-state index in [0.717, 1.165) is 25.7 Å². The van der Waals surface area contributed by atoms with Gasteiger partial charge in [-0.05, 0) is 26.7 Å². The lowest BCUT2D eigenvalue weighted by molar-refractivity contribution is 0.562. The van der Waals surface area contributed by atoms with E-state index in [4.69, 9.17) is 0 Å². The highest BCUT2D eigenvalue weighted by atomic mass is 31.1. The van der Waals surface area contributed by atoms with E-state index in [-0.39, 0.29) is 0 Å². The van der Waals surface area contributed by atoms with Crippen molar-refractivity contribution in [3.63, 3.8) is 0 Å². The van der Waals surface area contributed by atoms with E-state index in [0.29, 0.717) is 11.3 Å². The highest BCUT2D eigenvalue weighted by Crippen LogP contribution is 2.38. The molecule has 0 saturated heterocycles. The molecule has 0 saturated carbocycles. The van der Waals surface area contributed by atoms with Gasteiger partial charge < -0.3 is 0 Å². The summed E-state index contributed by atoms with van der Waals surface area (Å²) in [5.74, 6) is 0. The Morgan fingerprint density at radius 2 is 1.33 bits per heavy atom. The predicted octanol–water partition coefficient (Wildman–Crippen LogP) is 4.19. The first-order valence-electron chi connectivity index (χ1n) is 5.08. The van der Waals surface area contributed by atoms with Gasteiger partial charge in [0.05, 0.1) is 0 Å². The molecular weight excluding hydrogens is 167 g/mol. The fourth-order valence-corrected chi connectivity index (χ4v) is 3.42. The van der Waals surface area contributed by atoms with Crippen LogP contribution in [0.1, 0.15) is 53.4 Å². The summed E-state index contributed by atoms with van der Waals surface area (Å²) < 4.78 is 11.8. The standard InChI is InChI=1S/C10H22OP/c1-5-7-9(3)12(11)10(4)8-6-2/h9-10H,5-8H2,1-4H3/q+1. The molecule has 0 aromatic carbocycles. The molecule has 0 spiro atoms. The van der Waals surface area contributed by atoms with Crippen molar-refractivity contribution in [2.45, 2.75) is 64.7 Å². The van der Waals surface area contributed by atoms with Crippen LogP contribution < -0.4 is 0 Å². The molecular formula is C10H22OP+. The van der Waals surface area contributed by atoms with Gasteiger partial charge in [0.1, 0.15) is 0 Å². The van der Waals surface area contributed by atoms with Gasteiger partial charge in [0.2, 0.25) is 0 Å². The van der Waals surface area contributed by atoms with E-state index >= 15 is 0 Å². The normalized spacial score (nSPS) is 17.2. The molecule has 12 heavy (non-hydrogen) atoms. The van der Waals surface area contributed by atoms with Crippen LogP contribution in [-0.4, -0.2) is 11.3 Å². The van der Waals surface area contributed by atoms with Gasteiger partial charge in [0.25, 0.3) is 0 Å². The van der Waals surface area contributed by atoms with Gasteiger partial charge in [-0.15, -0.1) is 0 Å². The summed E-state index contributed by atoms with van der Waals surface area (Å²) in [6.45, 7) is 8.55. The Balaban J connectivity index is 3.82. The van der Waals surface area contributed by atoms with Crippen LogP contribution in [0.4, 0.5) is 0 Å². The second kappa shape index (κ2) is 6.60. The van der Waals surface area contributed by atoms with E-state index in [1.54, 1.807) is 0 Å². The Hall–Kier alpha value is 0.100. The van der Waals surface area contributed by atoms with E-state index in [1.165, 1.54) is 0 Å². The molecule has 2 heteroatoms. The highest BCUT2D eigenvalue weighted by Gasteiger charge is 2.30. The summed E-state index contributed by atoms with van der Waals surface area (Å²) in [7, 11) is -0.965. The fraction of sp³-hybridized carbons (Fsp3) is 1.00. The monoisotopic (exact) mass is 189 g/mol. The maximum Gasteiger partial charge on any atom is 0.344 e. The summed E-state index contributed by atoms with van der Waals surface area (Å²) >= 11 is 0. The molecule has 0 fully saturated rings. The smallest absolute Gasteiger partial charge is 0.0742 e. The van der Waals surface area contributed by atoms with Crippen LogP contribution in [0.15, 0.2) is 0 Å². The minimum absolute atomic E-state index is 0.423. The van der Waals surface area contributed by atoms with Gasteiger partial charge in [-0.2, -0.15) is 0 Å². The van der Waals surface area contributed by atoms with E-state index in [2.05, 4.69) is 27.7 Å². The SMILES string of the molecule is CCCC(C)[P+](=O)C(C)CCC. The van der Waals surface area contributed by atoms with Crippen molar-refractivity contribution < 1.29 is 4.57 Å². The predicted molar refractivity (Wildman–Crippen MR) is 56.3 cm³/mol. The molecule has 0 amide bonds. The van der Waals surface area contributed by atoms with Crippen LogP contribution >= 0.6 is 7.80 Å². The largest absolute Gasteiger partial charge is 0.344 e. The minimum atomic E-state index is -0.965. The van der Waals surface area contributed by atoms with Crippen molar-refractivity contribution >= 4 is 7.80 Å². The maximum atomic E-state index is 11.8. The van der Waals surface area contributed by atoms with Crippen molar-refractivity contribution in [2.75, 3.05) is 0 Å². The Kier molecular flexibility index (Phi) is 6.65. The molecule has 0 heterocycles. The minimum Gasteiger partial charge on any atom is -0.0742 e. The molecule has 0 aliphatic carbocycles. The molecule has 0 rings (SSSR count). The van der Waals surface area contributed by atoms with Crippen LogP contribution in [-0.2, 0) is 4.57 Å². The van der Waals surface area contributed by atoms with Crippen LogP contribution in [0, 0.1) is 0 Å². The summed E-state index contributed by atoms with van der Waals surface area (Å²) in [6.07, 6.45) is 4.54. The zero-order valence-corrected chi connectivity index (χ0v) is 9.73. The lowest BCUT2D eigenvalue weighted by Gasteiger charge is -2.03. The van der Waals surface area contributed by atoms with E-state index < -0.39 is 7.80 Å². The summed E-state index contributed by atoms with van der Waals surface area (Å²) in [5, 5.41) is 0. The summed E-state index contributed by atoms with van der Waals surface area (Å²) in [4.78, 5) is 0. The quantitative estimate of drug-likeness (QED) is 0.572. The molecule has 0 N–H and O–H groups in total. The Morgan fingerprint density at radius 3 is 1.58 bits per heavy atom. The first-order chi connectivity index (χ1) is 5.63. The molecule has 0 radical (unpaired) electrons. The number of rotatable bonds is 6. The third kappa shape index (κ3) is 4.21. The van der Waals surface area contributed by atoms with Crippen LogP contribution in [0.25, 0.3) is 0 Å². The van der Waals surface area contributed by atoms with Crippen molar-refractivity contribution in [2.24, 2.45) is 0 Å². The lowest BCUT2D eigenvalue weighted by Crippen LogP contribution is -2.04. The Labute approximate surface area is 77.7 Å². The zero-order valence-electron chi connectivity index (χ0n) is 8.84. The maximum absolute atomic E-state index is 11.8. The first kappa shape index (κ1) is 12.1. The average Bonchev–Trinajstić information content (AvgIpc) is 2.04. The molecule has 0 aromatic heterocycles. The molecule has 72 valence electrons. The Bertz CT molecular complexity index is 120. The molecule has 0 aliphatic rings. The summed E-state index contributed by atoms with van der Waals surface area (Å²) in [5.41, 5.74) is 0.845. The van der Waals surface area contributed by atoms with E-state index in [1.807, 2.05) is 0 Å². The second-order valence-corrected chi connectivity index (χ2v) is 6.12. The lowest BCUT2D eigenvalue weighted by atomic mass is 10.3. The molecule has 0 aromatic rings. The van der Waals surface area contributed by atoms with Gasteiger partial charge >= 0.3 is 7.80 Å². The third-order valence-electron chi connectivity index (χ3n) is 2.28. The van der Waals surface area contributed by atoms with Gasteiger partial charge in [0, 0.05) is 0 Å². The molecule has 2 atom stereocenters. The summed E-state index contributed by atoms with van der Waals surface area (Å²) in [6, 6.07) is 0. The van der Waals surface area contributed by atoms with Gasteiger partial charge in [-0.3, -0.25) is 0 Å². The molecule has 0 aliphatic heterocycles. The first-order valence-corrected chi connectivity index (χ1v) is 6.48. The average molecular weight is 189 g/mol. The molecule has 2 unspecified atom stereocenters. The number of hydrogen-bond donors (Lipinski definition) is 0. The Morgan fingerprint density at radius 1 is 1.00 bits per heavy atom. The molecule has 0 bridgehead atoms. The van der Waals surface area contributed by atoms with Crippen molar-refractivity contribution in [3.05, 3.63) is 0 Å². The highest BCUT2D eigenvalue weighted by molar-refractivity contribution is 7.46. The third-order valence-corrected chi connectivity index (χ3v) is 4.54. The number of hydrogen-bond acceptors (Lipinski definition) is 1. The van der Waals surface area contributed by atoms with Crippen LogP contribution in [0.5, 0.6) is 0 Å². The van der Waals surface area contributed by atoms with Crippen molar-refractivity contribution in [3.8, 4) is 0 Å². The van der Waals surface area contributed by atoms with Crippen molar-refractivity contribution in [1.82, 2.24) is 0 Å². The van der Waals surface area contributed by atoms with Crippen LogP contribution in [0.3, 0.4) is 0 Å². The molecule has 1 nitrogen and oxygen atoms in total. The second-order valence-electron chi connectivity index (χ2n) is 3.64. The van der Waals surface area contributed by atoms with Crippen molar-refractivity contribution in [1.29, 1.82) is 0 Å². The fourth-order valence-electron chi connectivity index (χ4n) is 1.52. The van der Waals surface area contributed by atoms with E-state index in [9.17, 15) is 4.57 Å². The van der Waals surface area contributed by atoms with Gasteiger partial charge in [-0.1, -0.05) is 31.3 Å². The van der Waals surface area contributed by atoms with Gasteiger partial charge in [-0.25, -0.2) is 0 Å². The zero-order chi connectivity index (χ0) is 9.56.